The Hall–Kier alpha value is -7.34. The van der Waals surface area contributed by atoms with Gasteiger partial charge in [-0.1, -0.05) is 69.8 Å². The molecule has 4 unspecified atom stereocenters. The van der Waals surface area contributed by atoms with Gasteiger partial charge in [0, 0.05) is 73.7 Å². The highest BCUT2D eigenvalue weighted by atomic mass is 16.5. The van der Waals surface area contributed by atoms with Gasteiger partial charge in [0.05, 0.1) is 33.2 Å². The van der Waals surface area contributed by atoms with Crippen LogP contribution in [-0.4, -0.2) is 83.0 Å². The van der Waals surface area contributed by atoms with E-state index in [1.54, 1.807) is 33.5 Å². The van der Waals surface area contributed by atoms with E-state index < -0.39 is 17.8 Å². The molecule has 8 rings (SSSR count). The van der Waals surface area contributed by atoms with Crippen LogP contribution in [0.5, 0.6) is 11.8 Å². The number of carboxylic acids is 1. The first-order valence-electron chi connectivity index (χ1n) is 24.2. The van der Waals surface area contributed by atoms with E-state index in [2.05, 4.69) is 40.3 Å². The fourth-order valence-electron chi connectivity index (χ4n) is 9.90. The molecule has 0 spiro atoms. The molecule has 2 aliphatic rings. The number of carboxylic acid groups (broad SMARTS) is 1. The highest BCUT2D eigenvalue weighted by molar-refractivity contribution is 5.95. The summed E-state index contributed by atoms with van der Waals surface area (Å²) in [6, 6.07) is 28.0. The van der Waals surface area contributed by atoms with E-state index in [0.717, 1.165) is 79.6 Å². The number of aliphatic carboxylic acids is 1. The van der Waals surface area contributed by atoms with Crippen LogP contribution in [0.2, 0.25) is 0 Å². The molecular weight excluding hydrogens is 905 g/mol. The first-order chi connectivity index (χ1) is 33.9. The molecule has 0 bridgehead atoms. The number of nitrogens with zero attached hydrogens (tertiary/aromatic N) is 4. The maximum atomic E-state index is 13.3. The van der Waals surface area contributed by atoms with Crippen LogP contribution in [0.25, 0.3) is 0 Å². The van der Waals surface area contributed by atoms with E-state index in [9.17, 15) is 24.3 Å². The van der Waals surface area contributed by atoms with Crippen molar-refractivity contribution in [3.8, 4) is 11.8 Å². The van der Waals surface area contributed by atoms with Crippen molar-refractivity contribution in [2.24, 2.45) is 11.8 Å². The number of pyridine rings is 2. The van der Waals surface area contributed by atoms with Gasteiger partial charge in [-0.15, -0.1) is 0 Å². The average molecular weight is 975 g/mol. The van der Waals surface area contributed by atoms with Gasteiger partial charge in [0.15, 0.2) is 0 Å². The number of methoxy groups -OCH3 is 3. The number of rotatable bonds is 12. The highest BCUT2D eigenvalue weighted by Gasteiger charge is 2.33. The maximum Gasteiger partial charge on any atom is 0.309 e. The summed E-state index contributed by atoms with van der Waals surface area (Å²) >= 11 is 0. The van der Waals surface area contributed by atoms with Gasteiger partial charge in [-0.25, -0.2) is 9.97 Å². The Labute approximate surface area is 425 Å². The first kappa shape index (κ1) is 54.0. The van der Waals surface area contributed by atoms with Gasteiger partial charge in [-0.2, -0.15) is 0 Å². The molecule has 1 N–H and O–H groups in total. The summed E-state index contributed by atoms with van der Waals surface area (Å²) in [6.45, 7) is 18.1. The van der Waals surface area contributed by atoms with E-state index in [-0.39, 0.29) is 37.0 Å². The molecule has 378 valence electrons. The van der Waals surface area contributed by atoms with Gasteiger partial charge in [0.2, 0.25) is 11.8 Å². The molecule has 0 saturated carbocycles. The number of hydrogen-bond acceptors (Lipinski definition) is 9. The number of hydrogen-bond donors (Lipinski definition) is 1. The van der Waals surface area contributed by atoms with Crippen molar-refractivity contribution in [2.75, 3.05) is 34.4 Å². The fraction of sp³-hybridized carbons (Fsp3) is 0.367. The lowest BCUT2D eigenvalue weighted by atomic mass is 9.79. The van der Waals surface area contributed by atoms with Crippen molar-refractivity contribution in [1.29, 1.82) is 0 Å². The van der Waals surface area contributed by atoms with Crippen molar-refractivity contribution in [2.45, 2.75) is 101 Å². The van der Waals surface area contributed by atoms with Crippen LogP contribution in [0.15, 0.2) is 97.3 Å². The fourth-order valence-corrected chi connectivity index (χ4v) is 9.90. The average Bonchev–Trinajstić information content (AvgIpc) is 3.37. The van der Waals surface area contributed by atoms with Crippen LogP contribution in [-0.2, 0) is 40.3 Å². The summed E-state index contributed by atoms with van der Waals surface area (Å²) in [4.78, 5) is 63.8. The summed E-state index contributed by atoms with van der Waals surface area (Å²) in [7, 11) is 4.57. The predicted octanol–water partition coefficient (Wildman–Crippen LogP) is 10.9. The van der Waals surface area contributed by atoms with Crippen molar-refractivity contribution in [3.63, 3.8) is 0 Å². The number of amides is 2. The second kappa shape index (κ2) is 23.3. The van der Waals surface area contributed by atoms with Gasteiger partial charge < -0.3 is 29.1 Å². The second-order valence-electron chi connectivity index (χ2n) is 19.2. The van der Waals surface area contributed by atoms with Crippen LogP contribution in [0.1, 0.15) is 132 Å². The van der Waals surface area contributed by atoms with Crippen LogP contribution in [0.3, 0.4) is 0 Å². The molecule has 6 aromatic rings. The van der Waals surface area contributed by atoms with E-state index >= 15 is 0 Å². The number of benzene rings is 4. The molecule has 0 saturated heterocycles. The van der Waals surface area contributed by atoms with Crippen molar-refractivity contribution >= 4 is 23.8 Å². The lowest BCUT2D eigenvalue weighted by Gasteiger charge is -2.31. The predicted molar refractivity (Wildman–Crippen MR) is 281 cm³/mol. The minimum atomic E-state index is -0.866. The SMILES string of the molecule is C.COC(=O)C(C)C(c1ccc2c(c1)CN(C(=O)c1ccc(C)c(C)c1)CC2)c1cnc(OC)cc1C.COc1cc(C)c(C(c2ccc3c(c2)CN(C(=O)c2ccc(C)c(C)c2)CC3)C(C)C(=O)O)cn1. The topological polar surface area (TPSA) is 148 Å². The standard InChI is InChI=1S/C30H34N2O4.C29H32N2O4.CH4/c1-18-7-8-24(13-19(18)2)29(33)32-12-11-22-9-10-23(15-25(22)17-32)28(21(4)30(34)36-6)26-16-31-27(35-5)14-20(26)3;1-17-6-7-23(12-18(17)2)28(32)31-11-10-21-8-9-22(14-24(21)16-31)27(20(4)29(33)34)25-15-30-26(35-5)13-19(25)3;/h7-10,13-16,21,28H,11-12,17H2,1-6H3;6-9,12-15,20,27H,10-11,16H2,1-5H3,(H,33,34);1H4. The van der Waals surface area contributed by atoms with Crippen LogP contribution in [0, 0.1) is 53.4 Å². The Morgan fingerprint density at radius 1 is 0.528 bits per heavy atom. The number of carbonyl (C=O) groups is 4. The molecule has 0 aliphatic carbocycles. The molecule has 0 radical (unpaired) electrons. The molecule has 12 heteroatoms. The zero-order valence-corrected chi connectivity index (χ0v) is 42.9. The molecule has 72 heavy (non-hydrogen) atoms. The summed E-state index contributed by atoms with van der Waals surface area (Å²) in [5.74, 6) is -1.73. The molecule has 2 aliphatic heterocycles. The third-order valence-corrected chi connectivity index (χ3v) is 14.6. The Balaban J connectivity index is 0.000000232. The molecule has 4 heterocycles. The van der Waals surface area contributed by atoms with Crippen molar-refractivity contribution < 1.29 is 38.5 Å². The van der Waals surface area contributed by atoms with E-state index in [1.165, 1.54) is 23.8 Å². The van der Waals surface area contributed by atoms with E-state index in [0.29, 0.717) is 43.5 Å². The summed E-state index contributed by atoms with van der Waals surface area (Å²) in [5.41, 5.74) is 16.2. The summed E-state index contributed by atoms with van der Waals surface area (Å²) < 4.78 is 15.6. The van der Waals surface area contributed by atoms with Crippen LogP contribution in [0.4, 0.5) is 0 Å². The lowest BCUT2D eigenvalue weighted by Crippen LogP contribution is -2.36. The largest absolute Gasteiger partial charge is 0.481 e. The number of esters is 1. The zero-order valence-electron chi connectivity index (χ0n) is 42.9. The Bertz CT molecular complexity index is 2980. The molecular formula is C60H70N4O8. The smallest absolute Gasteiger partial charge is 0.309 e. The normalized spacial score (nSPS) is 14.4. The Morgan fingerprint density at radius 2 is 0.944 bits per heavy atom. The zero-order chi connectivity index (χ0) is 51.3. The Morgan fingerprint density at radius 3 is 1.31 bits per heavy atom. The van der Waals surface area contributed by atoms with Crippen LogP contribution >= 0.6 is 0 Å². The highest BCUT2D eigenvalue weighted by Crippen LogP contribution is 2.39. The minimum Gasteiger partial charge on any atom is -0.481 e. The van der Waals surface area contributed by atoms with Crippen LogP contribution < -0.4 is 9.47 Å². The van der Waals surface area contributed by atoms with Gasteiger partial charge in [-0.3, -0.25) is 19.2 Å². The molecule has 2 amide bonds. The minimum absolute atomic E-state index is 0. The number of aromatic nitrogens is 2. The molecule has 2 aromatic heterocycles. The third-order valence-electron chi connectivity index (χ3n) is 14.6. The molecule has 0 fully saturated rings. The van der Waals surface area contributed by atoms with E-state index in [4.69, 9.17) is 14.2 Å². The number of carbonyl (C=O) groups excluding carboxylic acids is 3. The number of aryl methyl sites for hydroxylation is 6. The molecule has 4 aromatic carbocycles. The maximum absolute atomic E-state index is 13.3. The monoisotopic (exact) mass is 975 g/mol. The van der Waals surface area contributed by atoms with Crippen molar-refractivity contribution in [1.82, 2.24) is 19.8 Å². The van der Waals surface area contributed by atoms with Crippen molar-refractivity contribution in [3.05, 3.63) is 186 Å². The van der Waals surface area contributed by atoms with Gasteiger partial charge in [0.25, 0.3) is 11.8 Å². The van der Waals surface area contributed by atoms with Gasteiger partial charge in [-0.05, 0) is 157 Å². The number of ether oxygens (including phenoxy) is 3. The quantitative estimate of drug-likeness (QED) is 0.117. The third kappa shape index (κ3) is 11.7. The Kier molecular flexibility index (Phi) is 17.4. The van der Waals surface area contributed by atoms with Gasteiger partial charge in [0.1, 0.15) is 0 Å². The lowest BCUT2D eigenvalue weighted by molar-refractivity contribution is -0.145. The summed E-state index contributed by atoms with van der Waals surface area (Å²) in [5, 5.41) is 9.89. The second-order valence-corrected chi connectivity index (χ2v) is 19.2. The molecule has 12 nitrogen and oxygen atoms in total. The number of fused-ring (bicyclic) bond motifs is 2. The first-order valence-corrected chi connectivity index (χ1v) is 24.2. The van der Waals surface area contributed by atoms with Gasteiger partial charge >= 0.3 is 11.9 Å². The summed E-state index contributed by atoms with van der Waals surface area (Å²) in [6.07, 6.45) is 5.07. The van der Waals surface area contributed by atoms with E-state index in [1.807, 2.05) is 113 Å². The molecule has 4 atom stereocenters.